The van der Waals surface area contributed by atoms with Gasteiger partial charge in [0.05, 0.1) is 6.61 Å². The van der Waals surface area contributed by atoms with Crippen molar-refractivity contribution in [2.45, 2.75) is 77.4 Å². The van der Waals surface area contributed by atoms with Gasteiger partial charge in [-0.3, -0.25) is 4.79 Å². The first-order chi connectivity index (χ1) is 20.1. The second-order valence-electron chi connectivity index (χ2n) is 12.2. The number of aliphatic hydroxyl groups is 1. The average molecular weight is 587 g/mol. The number of hydrogen-bond acceptors (Lipinski definition) is 6. The quantitative estimate of drug-likeness (QED) is 0.184. The highest BCUT2D eigenvalue weighted by atomic mass is 32.1. The van der Waals surface area contributed by atoms with Gasteiger partial charge in [0, 0.05) is 27.3 Å². The van der Waals surface area contributed by atoms with Crippen molar-refractivity contribution in [3.63, 3.8) is 0 Å². The van der Waals surface area contributed by atoms with Crippen molar-refractivity contribution in [3.05, 3.63) is 87.4 Å². The molecule has 2 aromatic carbocycles. The van der Waals surface area contributed by atoms with Gasteiger partial charge in [-0.2, -0.15) is 0 Å². The first-order valence-electron chi connectivity index (χ1n) is 14.5. The maximum Gasteiger partial charge on any atom is 0.326 e. The van der Waals surface area contributed by atoms with E-state index in [1.807, 2.05) is 30.3 Å². The number of thiophene rings is 1. The van der Waals surface area contributed by atoms with Crippen LogP contribution in [0.5, 0.6) is 11.5 Å². The number of carbonyl (C=O) groups excluding carboxylic acids is 1. The molecule has 1 aliphatic carbocycles. The molecule has 0 aliphatic heterocycles. The summed E-state index contributed by atoms with van der Waals surface area (Å²) in [5.41, 5.74) is 2.33. The number of pyridine rings is 1. The highest BCUT2D eigenvalue weighted by molar-refractivity contribution is 7.11. The molecule has 220 valence electrons. The van der Waals surface area contributed by atoms with Crippen molar-refractivity contribution in [3.8, 4) is 11.5 Å². The van der Waals surface area contributed by atoms with E-state index in [9.17, 15) is 19.8 Å². The van der Waals surface area contributed by atoms with Gasteiger partial charge < -0.3 is 20.3 Å². The number of aliphatic hydroxyl groups excluding tert-OH is 1. The molecule has 1 aliphatic rings. The number of carboxylic acid groups (broad SMARTS) is 1. The molecule has 1 saturated carbocycles. The van der Waals surface area contributed by atoms with Crippen LogP contribution in [0.3, 0.4) is 0 Å². The van der Waals surface area contributed by atoms with Crippen molar-refractivity contribution in [2.75, 3.05) is 0 Å². The van der Waals surface area contributed by atoms with Crippen LogP contribution in [0.2, 0.25) is 0 Å². The Bertz CT molecular complexity index is 1570. The maximum atomic E-state index is 13.4. The van der Waals surface area contributed by atoms with Gasteiger partial charge in [-0.1, -0.05) is 64.7 Å². The topological polar surface area (TPSA) is 109 Å². The molecule has 1 atom stereocenters. The number of rotatable bonds is 10. The number of amides is 1. The van der Waals surface area contributed by atoms with Gasteiger partial charge in [0.25, 0.3) is 5.91 Å². The number of aliphatic carboxylic acids is 1. The molecular weight excluding hydrogens is 548 g/mol. The molecule has 2 aromatic heterocycles. The smallest absolute Gasteiger partial charge is 0.326 e. The molecular formula is C34H38N2O5S. The number of hydrogen-bond donors (Lipinski definition) is 3. The Morgan fingerprint density at radius 2 is 1.69 bits per heavy atom. The van der Waals surface area contributed by atoms with Gasteiger partial charge in [-0.25, -0.2) is 9.78 Å². The number of carboxylic acids is 1. The molecule has 8 heteroatoms. The highest BCUT2D eigenvalue weighted by Crippen LogP contribution is 2.33. The number of nitrogens with zero attached hydrogens (tertiary/aromatic N) is 1. The summed E-state index contributed by atoms with van der Waals surface area (Å²) in [5.74, 6) is 0.309. The Balaban J connectivity index is 1.41. The summed E-state index contributed by atoms with van der Waals surface area (Å²) in [6, 6.07) is 18.1. The van der Waals surface area contributed by atoms with E-state index >= 15 is 0 Å². The zero-order valence-electron chi connectivity index (χ0n) is 24.4. The molecule has 0 saturated heterocycles. The third-order valence-corrected chi connectivity index (χ3v) is 9.00. The molecule has 0 radical (unpaired) electrons. The number of carbonyl (C=O) groups is 2. The first-order valence-corrected chi connectivity index (χ1v) is 15.3. The lowest BCUT2D eigenvalue weighted by Crippen LogP contribution is -2.42. The van der Waals surface area contributed by atoms with Gasteiger partial charge in [0.2, 0.25) is 0 Å². The minimum Gasteiger partial charge on any atom is -0.480 e. The van der Waals surface area contributed by atoms with Crippen molar-refractivity contribution < 1.29 is 24.5 Å². The molecule has 7 nitrogen and oxygen atoms in total. The van der Waals surface area contributed by atoms with E-state index in [0.717, 1.165) is 51.2 Å². The number of nitrogens with one attached hydrogen (secondary N) is 1. The Morgan fingerprint density at radius 3 is 2.33 bits per heavy atom. The molecule has 4 aromatic rings. The summed E-state index contributed by atoms with van der Waals surface area (Å²) >= 11 is 1.33. The number of fused-ring (bicyclic) bond motifs is 1. The van der Waals surface area contributed by atoms with Crippen LogP contribution in [0.25, 0.3) is 10.8 Å². The van der Waals surface area contributed by atoms with E-state index in [1.54, 1.807) is 18.2 Å². The lowest BCUT2D eigenvalue weighted by molar-refractivity contribution is -0.139. The minimum absolute atomic E-state index is 0.0597. The van der Waals surface area contributed by atoms with Gasteiger partial charge in [0.1, 0.15) is 23.2 Å². The Kier molecular flexibility index (Phi) is 8.94. The van der Waals surface area contributed by atoms with Gasteiger partial charge in [-0.15, -0.1) is 11.3 Å². The number of ether oxygens (including phenoxy) is 1. The van der Waals surface area contributed by atoms with E-state index in [0.29, 0.717) is 11.7 Å². The Morgan fingerprint density at radius 1 is 1.00 bits per heavy atom. The lowest BCUT2D eigenvalue weighted by atomic mass is 9.87. The van der Waals surface area contributed by atoms with Crippen LogP contribution < -0.4 is 10.1 Å². The summed E-state index contributed by atoms with van der Waals surface area (Å²) < 4.78 is 6.22. The standard InChI is InChI=1S/C34H38N2O5S/c1-34(2,3)23-9-12-24(13-10-23)41-25-11-8-22-17-30(35-29(28(22)18-25)16-21-6-4-5-7-21)32(38)36-31(33(39)40)19-26-14-15-27(20-37)42-26/h8-15,17-18,21,31,37H,4-7,16,19-20H2,1-3H3,(H,36,38)(H,39,40)/t31-/m0/s1. The third kappa shape index (κ3) is 7.17. The van der Waals surface area contributed by atoms with Crippen molar-refractivity contribution >= 4 is 34.0 Å². The summed E-state index contributed by atoms with van der Waals surface area (Å²) in [5, 5.41) is 23.6. The zero-order chi connectivity index (χ0) is 29.9. The molecule has 0 spiro atoms. The molecule has 0 bridgehead atoms. The van der Waals surface area contributed by atoms with E-state index < -0.39 is 17.9 Å². The van der Waals surface area contributed by atoms with Crippen LogP contribution in [0.1, 0.15) is 78.0 Å². The number of aromatic nitrogens is 1. The fourth-order valence-electron chi connectivity index (χ4n) is 5.53. The molecule has 1 fully saturated rings. The average Bonchev–Trinajstić information content (AvgIpc) is 3.64. The van der Waals surface area contributed by atoms with Crippen LogP contribution in [0.4, 0.5) is 0 Å². The molecule has 42 heavy (non-hydrogen) atoms. The second-order valence-corrected chi connectivity index (χ2v) is 13.4. The monoisotopic (exact) mass is 586 g/mol. The molecule has 1 amide bonds. The van der Waals surface area contributed by atoms with E-state index in [2.05, 4.69) is 38.2 Å². The number of benzene rings is 2. The van der Waals surface area contributed by atoms with E-state index in [1.165, 1.54) is 29.7 Å². The van der Waals surface area contributed by atoms with Crippen LogP contribution in [-0.2, 0) is 29.7 Å². The van der Waals surface area contributed by atoms with Crippen LogP contribution in [-0.4, -0.2) is 33.1 Å². The minimum atomic E-state index is -1.12. The third-order valence-electron chi connectivity index (χ3n) is 7.91. The molecule has 2 heterocycles. The van der Waals surface area contributed by atoms with Crippen molar-refractivity contribution in [2.24, 2.45) is 5.92 Å². The maximum absolute atomic E-state index is 13.4. The normalized spacial score (nSPS) is 14.7. The summed E-state index contributed by atoms with van der Waals surface area (Å²) in [6.07, 6.45) is 5.54. The predicted molar refractivity (Wildman–Crippen MR) is 165 cm³/mol. The summed E-state index contributed by atoms with van der Waals surface area (Å²) in [4.78, 5) is 31.7. The molecule has 0 unspecified atom stereocenters. The summed E-state index contributed by atoms with van der Waals surface area (Å²) in [7, 11) is 0. The highest BCUT2D eigenvalue weighted by Gasteiger charge is 2.25. The van der Waals surface area contributed by atoms with Crippen molar-refractivity contribution in [1.82, 2.24) is 10.3 Å². The SMILES string of the molecule is CC(C)(C)c1ccc(Oc2ccc3cc(C(=O)N[C@@H](Cc4ccc(CO)s4)C(=O)O)nc(CC4CCCC4)c3c2)cc1. The molecule has 5 rings (SSSR count). The van der Waals surface area contributed by atoms with Crippen LogP contribution in [0.15, 0.2) is 60.7 Å². The Hall–Kier alpha value is -3.75. The van der Waals surface area contributed by atoms with Gasteiger partial charge >= 0.3 is 5.97 Å². The fraction of sp³-hybridized carbons (Fsp3) is 0.382. The summed E-state index contributed by atoms with van der Waals surface area (Å²) in [6.45, 7) is 6.44. The largest absolute Gasteiger partial charge is 0.480 e. The van der Waals surface area contributed by atoms with Crippen LogP contribution in [0, 0.1) is 5.92 Å². The predicted octanol–water partition coefficient (Wildman–Crippen LogP) is 7.04. The van der Waals surface area contributed by atoms with E-state index in [4.69, 9.17) is 9.72 Å². The molecule has 3 N–H and O–H groups in total. The van der Waals surface area contributed by atoms with Crippen LogP contribution >= 0.6 is 11.3 Å². The Labute approximate surface area is 250 Å². The van der Waals surface area contributed by atoms with Gasteiger partial charge in [-0.05, 0) is 71.2 Å². The second kappa shape index (κ2) is 12.6. The first kappa shape index (κ1) is 29.7. The van der Waals surface area contributed by atoms with E-state index in [-0.39, 0.29) is 24.1 Å². The van der Waals surface area contributed by atoms with Crippen molar-refractivity contribution in [1.29, 1.82) is 0 Å². The van der Waals surface area contributed by atoms with Gasteiger partial charge in [0.15, 0.2) is 0 Å². The zero-order valence-corrected chi connectivity index (χ0v) is 25.2. The lowest BCUT2D eigenvalue weighted by Gasteiger charge is -2.19. The fourth-order valence-corrected chi connectivity index (χ4v) is 6.45.